The molecule has 168 valence electrons. The highest BCUT2D eigenvalue weighted by Crippen LogP contribution is 2.33. The number of amides is 2. The molecule has 3 aromatic carbocycles. The zero-order chi connectivity index (χ0) is 22.6. The number of benzene rings is 3. The van der Waals surface area contributed by atoms with Crippen molar-refractivity contribution in [2.45, 2.75) is 37.9 Å². The molecular formula is C28H29N3O2. The number of hydrogen-bond acceptors (Lipinski definition) is 3. The second kappa shape index (κ2) is 9.59. The Hall–Kier alpha value is -3.44. The summed E-state index contributed by atoms with van der Waals surface area (Å²) in [4.78, 5) is 30.9. The zero-order valence-electron chi connectivity index (χ0n) is 18.7. The van der Waals surface area contributed by atoms with Crippen LogP contribution in [0.3, 0.4) is 0 Å². The van der Waals surface area contributed by atoms with E-state index in [1.54, 1.807) is 17.0 Å². The minimum absolute atomic E-state index is 0.0583. The van der Waals surface area contributed by atoms with Crippen LogP contribution in [0.25, 0.3) is 0 Å². The average molecular weight is 440 g/mol. The van der Waals surface area contributed by atoms with Crippen molar-refractivity contribution in [1.82, 2.24) is 10.2 Å². The summed E-state index contributed by atoms with van der Waals surface area (Å²) in [5, 5.41) is 3.26. The van der Waals surface area contributed by atoms with Gasteiger partial charge in [-0.2, -0.15) is 0 Å². The molecule has 0 aromatic heterocycles. The lowest BCUT2D eigenvalue weighted by Gasteiger charge is -2.33. The molecule has 2 amide bonds. The summed E-state index contributed by atoms with van der Waals surface area (Å²) in [6.45, 7) is 2.85. The summed E-state index contributed by atoms with van der Waals surface area (Å²) in [6, 6.07) is 27.2. The Labute approximate surface area is 195 Å². The van der Waals surface area contributed by atoms with Gasteiger partial charge in [-0.25, -0.2) is 0 Å². The minimum atomic E-state index is -0.516. The van der Waals surface area contributed by atoms with Crippen LogP contribution < -0.4 is 10.2 Å². The van der Waals surface area contributed by atoms with Crippen molar-refractivity contribution in [3.63, 3.8) is 0 Å². The van der Waals surface area contributed by atoms with Crippen LogP contribution >= 0.6 is 0 Å². The topological polar surface area (TPSA) is 52.7 Å². The van der Waals surface area contributed by atoms with Crippen LogP contribution in [0, 0.1) is 0 Å². The van der Waals surface area contributed by atoms with Gasteiger partial charge in [0.25, 0.3) is 5.91 Å². The van der Waals surface area contributed by atoms with Crippen LogP contribution in [0.15, 0.2) is 84.9 Å². The molecule has 5 heteroatoms. The monoisotopic (exact) mass is 439 g/mol. The second-order valence-electron chi connectivity index (χ2n) is 8.93. The predicted octanol–water partition coefficient (Wildman–Crippen LogP) is 4.04. The minimum Gasteiger partial charge on any atom is -0.351 e. The fraction of sp³-hybridized carbons (Fsp3) is 0.286. The van der Waals surface area contributed by atoms with Gasteiger partial charge in [0.15, 0.2) is 0 Å². The third-order valence-electron chi connectivity index (χ3n) is 6.70. The Bertz CT molecular complexity index is 1110. The smallest absolute Gasteiger partial charge is 0.259 e. The first kappa shape index (κ1) is 21.4. The van der Waals surface area contributed by atoms with Crippen LogP contribution in [0.2, 0.25) is 0 Å². The molecule has 0 aliphatic carbocycles. The molecule has 0 bridgehead atoms. The fourth-order valence-corrected chi connectivity index (χ4v) is 4.94. The lowest BCUT2D eigenvalue weighted by atomic mass is 10.0. The maximum absolute atomic E-state index is 13.4. The number of nitrogens with zero attached hydrogens (tertiary/aromatic N) is 2. The molecular weight excluding hydrogens is 410 g/mol. The quantitative estimate of drug-likeness (QED) is 0.653. The van der Waals surface area contributed by atoms with E-state index < -0.39 is 6.04 Å². The number of piperidine rings is 1. The second-order valence-corrected chi connectivity index (χ2v) is 8.93. The molecule has 2 heterocycles. The van der Waals surface area contributed by atoms with E-state index in [0.717, 1.165) is 43.7 Å². The maximum Gasteiger partial charge on any atom is 0.259 e. The van der Waals surface area contributed by atoms with Crippen molar-refractivity contribution in [2.75, 3.05) is 18.0 Å². The Balaban J connectivity index is 1.25. The molecule has 1 fully saturated rings. The molecule has 1 atom stereocenters. The number of nitrogens with one attached hydrogen (secondary N) is 1. The Morgan fingerprint density at radius 1 is 0.818 bits per heavy atom. The third kappa shape index (κ3) is 4.69. The van der Waals surface area contributed by atoms with Gasteiger partial charge >= 0.3 is 0 Å². The van der Waals surface area contributed by atoms with Crippen molar-refractivity contribution >= 4 is 17.5 Å². The van der Waals surface area contributed by atoms with Gasteiger partial charge < -0.3 is 5.32 Å². The number of likely N-dealkylation sites (tertiary alicyclic amines) is 1. The summed E-state index contributed by atoms with van der Waals surface area (Å²) < 4.78 is 0. The van der Waals surface area contributed by atoms with Crippen LogP contribution in [0.1, 0.15) is 34.3 Å². The number of fused-ring (bicyclic) bond motifs is 1. The van der Waals surface area contributed by atoms with Gasteiger partial charge in [-0.15, -0.1) is 0 Å². The average Bonchev–Trinajstić information content (AvgIpc) is 3.26. The Morgan fingerprint density at radius 3 is 2.18 bits per heavy atom. The van der Waals surface area contributed by atoms with Crippen LogP contribution in [0.4, 0.5) is 5.69 Å². The largest absolute Gasteiger partial charge is 0.351 e. The Kier molecular flexibility index (Phi) is 6.22. The summed E-state index contributed by atoms with van der Waals surface area (Å²) in [5.41, 5.74) is 3.80. The SMILES string of the molecule is O=C(NC1CCN(Cc2ccccc2)CC1)C1Cc2ccccc2N1C(=O)c1ccccc1. The first-order valence-electron chi connectivity index (χ1n) is 11.7. The number of anilines is 1. The highest BCUT2D eigenvalue weighted by molar-refractivity contribution is 6.11. The van der Waals surface area contributed by atoms with Crippen molar-refractivity contribution in [3.05, 3.63) is 102 Å². The summed E-state index contributed by atoms with van der Waals surface area (Å²) >= 11 is 0. The molecule has 1 saturated heterocycles. The van der Waals surface area contributed by atoms with E-state index in [1.807, 2.05) is 48.5 Å². The summed E-state index contributed by atoms with van der Waals surface area (Å²) in [5.74, 6) is -0.185. The molecule has 2 aliphatic heterocycles. The molecule has 0 radical (unpaired) electrons. The molecule has 1 unspecified atom stereocenters. The Morgan fingerprint density at radius 2 is 1.45 bits per heavy atom. The van der Waals surface area contributed by atoms with Gasteiger partial charge in [0.2, 0.25) is 5.91 Å². The summed E-state index contributed by atoms with van der Waals surface area (Å²) in [7, 11) is 0. The van der Waals surface area contributed by atoms with E-state index in [-0.39, 0.29) is 17.9 Å². The third-order valence-corrected chi connectivity index (χ3v) is 6.70. The first-order chi connectivity index (χ1) is 16.2. The van der Waals surface area contributed by atoms with Gasteiger partial charge in [-0.3, -0.25) is 19.4 Å². The zero-order valence-corrected chi connectivity index (χ0v) is 18.7. The van der Waals surface area contributed by atoms with E-state index in [4.69, 9.17) is 0 Å². The molecule has 0 saturated carbocycles. The lowest BCUT2D eigenvalue weighted by molar-refractivity contribution is -0.123. The van der Waals surface area contributed by atoms with Crippen molar-refractivity contribution < 1.29 is 9.59 Å². The lowest BCUT2D eigenvalue weighted by Crippen LogP contribution is -2.52. The molecule has 0 spiro atoms. The number of carbonyl (C=O) groups excluding carboxylic acids is 2. The first-order valence-corrected chi connectivity index (χ1v) is 11.7. The van der Waals surface area contributed by atoms with Crippen LogP contribution in [0.5, 0.6) is 0 Å². The van der Waals surface area contributed by atoms with E-state index in [2.05, 4.69) is 34.5 Å². The van der Waals surface area contributed by atoms with E-state index in [0.29, 0.717) is 12.0 Å². The molecule has 2 aliphatic rings. The van der Waals surface area contributed by atoms with Gasteiger partial charge in [0.05, 0.1) is 0 Å². The number of carbonyl (C=O) groups is 2. The summed E-state index contributed by atoms with van der Waals surface area (Å²) in [6.07, 6.45) is 2.39. The van der Waals surface area contributed by atoms with Crippen LogP contribution in [-0.2, 0) is 17.8 Å². The van der Waals surface area contributed by atoms with E-state index in [9.17, 15) is 9.59 Å². The number of rotatable bonds is 5. The number of para-hydroxylation sites is 1. The fourth-order valence-electron chi connectivity index (χ4n) is 4.94. The van der Waals surface area contributed by atoms with Gasteiger partial charge in [-0.05, 0) is 42.2 Å². The standard InChI is InChI=1S/C28H29N3O2/c32-27(29-24-15-17-30(18-16-24)20-21-9-3-1-4-10-21)26-19-23-13-7-8-14-25(23)31(26)28(33)22-11-5-2-6-12-22/h1-14,24,26H,15-20H2,(H,29,32). The van der Waals surface area contributed by atoms with Crippen molar-refractivity contribution in [3.8, 4) is 0 Å². The normalized spacial score (nSPS) is 18.7. The predicted molar refractivity (Wildman–Crippen MR) is 130 cm³/mol. The maximum atomic E-state index is 13.4. The molecule has 33 heavy (non-hydrogen) atoms. The molecule has 1 N–H and O–H groups in total. The highest BCUT2D eigenvalue weighted by Gasteiger charge is 2.39. The number of hydrogen-bond donors (Lipinski definition) is 1. The van der Waals surface area contributed by atoms with E-state index >= 15 is 0 Å². The highest BCUT2D eigenvalue weighted by atomic mass is 16.2. The van der Waals surface area contributed by atoms with Crippen molar-refractivity contribution in [2.24, 2.45) is 0 Å². The van der Waals surface area contributed by atoms with Crippen LogP contribution in [-0.4, -0.2) is 41.9 Å². The molecule has 3 aromatic rings. The van der Waals surface area contributed by atoms with Gasteiger partial charge in [0, 0.05) is 43.3 Å². The van der Waals surface area contributed by atoms with Gasteiger partial charge in [0.1, 0.15) is 6.04 Å². The van der Waals surface area contributed by atoms with Crippen molar-refractivity contribution in [1.29, 1.82) is 0 Å². The van der Waals surface area contributed by atoms with Gasteiger partial charge in [-0.1, -0.05) is 66.7 Å². The molecule has 5 nitrogen and oxygen atoms in total. The molecule has 5 rings (SSSR count). The van der Waals surface area contributed by atoms with E-state index in [1.165, 1.54) is 5.56 Å².